The van der Waals surface area contributed by atoms with E-state index in [1.54, 1.807) is 12.1 Å². The molecule has 0 aliphatic heterocycles. The van der Waals surface area contributed by atoms with Crippen molar-refractivity contribution in [2.75, 3.05) is 28.2 Å². The highest BCUT2D eigenvalue weighted by molar-refractivity contribution is 5.23. The number of hydrogen-bond donors (Lipinski definition) is 1. The van der Waals surface area contributed by atoms with E-state index in [4.69, 9.17) is 0 Å². The number of aromatic hydroxyl groups is 1. The molecule has 16 heavy (non-hydrogen) atoms. The molecule has 1 aromatic heterocycles. The molecule has 1 aromatic rings. The standard InChI is InChI=1S/C11H19N3O2/c1-12(2)7-9-5-6-11(15)10(14(9)16)8-13(3)4/h5-6,15H,7-8H2,1-4H3. The van der Waals surface area contributed by atoms with Gasteiger partial charge in [0.2, 0.25) is 11.4 Å². The van der Waals surface area contributed by atoms with Gasteiger partial charge in [-0.2, -0.15) is 4.73 Å². The third kappa shape index (κ3) is 3.08. The van der Waals surface area contributed by atoms with Gasteiger partial charge in [-0.3, -0.25) is 9.80 Å². The van der Waals surface area contributed by atoms with E-state index in [1.807, 2.05) is 38.0 Å². The largest absolute Gasteiger partial charge is 0.618 e. The Kier molecular flexibility index (Phi) is 4.09. The molecule has 0 saturated heterocycles. The average Bonchev–Trinajstić information content (AvgIpc) is 2.16. The van der Waals surface area contributed by atoms with E-state index in [0.717, 1.165) is 4.73 Å². The van der Waals surface area contributed by atoms with Gasteiger partial charge in [0.05, 0.1) is 13.1 Å². The summed E-state index contributed by atoms with van der Waals surface area (Å²) in [6, 6.07) is 3.23. The van der Waals surface area contributed by atoms with Crippen LogP contribution in [-0.2, 0) is 13.1 Å². The van der Waals surface area contributed by atoms with Gasteiger partial charge in [0.25, 0.3) is 0 Å². The topological polar surface area (TPSA) is 53.6 Å². The molecule has 0 aromatic carbocycles. The molecule has 1 heterocycles. The molecule has 0 aliphatic carbocycles. The van der Waals surface area contributed by atoms with Crippen molar-refractivity contribution in [3.8, 4) is 5.75 Å². The quantitative estimate of drug-likeness (QED) is 0.585. The van der Waals surface area contributed by atoms with Gasteiger partial charge in [-0.05, 0) is 34.3 Å². The van der Waals surface area contributed by atoms with Crippen molar-refractivity contribution in [3.63, 3.8) is 0 Å². The number of nitrogens with zero attached hydrogens (tertiary/aromatic N) is 3. The van der Waals surface area contributed by atoms with Crippen LogP contribution < -0.4 is 4.73 Å². The Labute approximate surface area is 96.1 Å². The summed E-state index contributed by atoms with van der Waals surface area (Å²) in [4.78, 5) is 3.77. The maximum absolute atomic E-state index is 12.0. The van der Waals surface area contributed by atoms with E-state index in [2.05, 4.69) is 0 Å². The van der Waals surface area contributed by atoms with Crippen molar-refractivity contribution in [3.05, 3.63) is 28.7 Å². The number of hydrogen-bond acceptors (Lipinski definition) is 4. The molecular weight excluding hydrogens is 206 g/mol. The monoisotopic (exact) mass is 225 g/mol. The fraction of sp³-hybridized carbons (Fsp3) is 0.545. The molecule has 5 nitrogen and oxygen atoms in total. The second kappa shape index (κ2) is 5.14. The van der Waals surface area contributed by atoms with Gasteiger partial charge in [0.1, 0.15) is 0 Å². The van der Waals surface area contributed by atoms with E-state index in [-0.39, 0.29) is 5.75 Å². The van der Waals surface area contributed by atoms with E-state index < -0.39 is 0 Å². The molecule has 5 heteroatoms. The zero-order chi connectivity index (χ0) is 12.3. The van der Waals surface area contributed by atoms with Gasteiger partial charge in [-0.15, -0.1) is 0 Å². The fourth-order valence-electron chi connectivity index (χ4n) is 1.50. The van der Waals surface area contributed by atoms with Crippen molar-refractivity contribution in [1.29, 1.82) is 0 Å². The predicted molar refractivity (Wildman–Crippen MR) is 61.8 cm³/mol. The van der Waals surface area contributed by atoms with E-state index in [9.17, 15) is 10.3 Å². The molecular formula is C11H19N3O2. The number of pyridine rings is 1. The second-order valence-corrected chi connectivity index (χ2v) is 4.43. The van der Waals surface area contributed by atoms with Crippen LogP contribution in [-0.4, -0.2) is 43.1 Å². The number of rotatable bonds is 4. The van der Waals surface area contributed by atoms with E-state index in [0.29, 0.717) is 24.5 Å². The van der Waals surface area contributed by atoms with Crippen LogP contribution in [0.5, 0.6) is 5.75 Å². The Morgan fingerprint density at radius 1 is 1.12 bits per heavy atom. The summed E-state index contributed by atoms with van der Waals surface area (Å²) in [5.74, 6) is 0.0474. The van der Waals surface area contributed by atoms with Gasteiger partial charge < -0.3 is 10.3 Å². The Hall–Kier alpha value is -1.33. The van der Waals surface area contributed by atoms with Crippen LogP contribution in [0.4, 0.5) is 0 Å². The van der Waals surface area contributed by atoms with Crippen molar-refractivity contribution in [2.24, 2.45) is 0 Å². The fourth-order valence-corrected chi connectivity index (χ4v) is 1.50. The summed E-state index contributed by atoms with van der Waals surface area (Å²) in [5, 5.41) is 21.6. The van der Waals surface area contributed by atoms with Gasteiger partial charge in [-0.25, -0.2) is 0 Å². The molecule has 0 spiro atoms. The van der Waals surface area contributed by atoms with Crippen molar-refractivity contribution in [2.45, 2.75) is 13.1 Å². The summed E-state index contributed by atoms with van der Waals surface area (Å²) in [5.41, 5.74) is 1.03. The lowest BCUT2D eigenvalue weighted by molar-refractivity contribution is -0.625. The smallest absolute Gasteiger partial charge is 0.249 e. The normalized spacial score (nSPS) is 11.4. The van der Waals surface area contributed by atoms with Crippen LogP contribution in [0, 0.1) is 5.21 Å². The van der Waals surface area contributed by atoms with Gasteiger partial charge in [-0.1, -0.05) is 0 Å². The van der Waals surface area contributed by atoms with E-state index in [1.165, 1.54) is 0 Å². The maximum Gasteiger partial charge on any atom is 0.249 e. The summed E-state index contributed by atoms with van der Waals surface area (Å²) in [7, 11) is 7.52. The Morgan fingerprint density at radius 3 is 2.19 bits per heavy atom. The molecule has 0 atom stereocenters. The first kappa shape index (κ1) is 12.7. The van der Waals surface area contributed by atoms with Crippen LogP contribution in [0.15, 0.2) is 12.1 Å². The number of aromatic nitrogens is 1. The molecule has 90 valence electrons. The van der Waals surface area contributed by atoms with Crippen LogP contribution >= 0.6 is 0 Å². The van der Waals surface area contributed by atoms with Crippen molar-refractivity contribution in [1.82, 2.24) is 9.80 Å². The van der Waals surface area contributed by atoms with E-state index >= 15 is 0 Å². The second-order valence-electron chi connectivity index (χ2n) is 4.43. The minimum atomic E-state index is 0.0474. The zero-order valence-corrected chi connectivity index (χ0v) is 10.3. The molecule has 0 fully saturated rings. The van der Waals surface area contributed by atoms with Crippen LogP contribution in [0.2, 0.25) is 0 Å². The molecule has 0 radical (unpaired) electrons. The molecule has 0 bridgehead atoms. The summed E-state index contributed by atoms with van der Waals surface area (Å²) >= 11 is 0. The molecule has 1 rings (SSSR count). The average molecular weight is 225 g/mol. The molecule has 0 unspecified atom stereocenters. The third-order valence-electron chi connectivity index (χ3n) is 2.18. The molecule has 0 amide bonds. The highest BCUT2D eigenvalue weighted by Crippen LogP contribution is 2.14. The molecule has 1 N–H and O–H groups in total. The van der Waals surface area contributed by atoms with Crippen LogP contribution in [0.3, 0.4) is 0 Å². The SMILES string of the molecule is CN(C)Cc1ccc(O)c(CN(C)C)[n+]1[O-]. The van der Waals surface area contributed by atoms with Gasteiger partial charge >= 0.3 is 0 Å². The van der Waals surface area contributed by atoms with Crippen LogP contribution in [0.1, 0.15) is 11.4 Å². The molecule has 0 saturated carbocycles. The Morgan fingerprint density at radius 2 is 1.69 bits per heavy atom. The van der Waals surface area contributed by atoms with Gasteiger partial charge in [0, 0.05) is 6.07 Å². The van der Waals surface area contributed by atoms with Crippen molar-refractivity contribution < 1.29 is 9.84 Å². The summed E-state index contributed by atoms with van der Waals surface area (Å²) < 4.78 is 0.815. The van der Waals surface area contributed by atoms with Crippen LogP contribution in [0.25, 0.3) is 0 Å². The lowest BCUT2D eigenvalue weighted by Crippen LogP contribution is -2.40. The lowest BCUT2D eigenvalue weighted by atomic mass is 10.2. The highest BCUT2D eigenvalue weighted by Gasteiger charge is 2.17. The third-order valence-corrected chi connectivity index (χ3v) is 2.18. The summed E-state index contributed by atoms with van der Waals surface area (Å²) in [6.45, 7) is 0.987. The first-order valence-electron chi connectivity index (χ1n) is 5.14. The van der Waals surface area contributed by atoms with Gasteiger partial charge in [0.15, 0.2) is 5.75 Å². The Bertz CT molecular complexity index is 364. The molecule has 0 aliphatic rings. The first-order chi connectivity index (χ1) is 7.41. The Balaban J connectivity index is 3.06. The predicted octanol–water partition coefficient (Wildman–Crippen LogP) is 0.149. The minimum Gasteiger partial charge on any atom is -0.618 e. The first-order valence-corrected chi connectivity index (χ1v) is 5.14. The van der Waals surface area contributed by atoms with Crippen molar-refractivity contribution >= 4 is 0 Å². The lowest BCUT2D eigenvalue weighted by Gasteiger charge is -2.15. The highest BCUT2D eigenvalue weighted by atomic mass is 16.5. The minimum absolute atomic E-state index is 0.0474. The maximum atomic E-state index is 12.0. The zero-order valence-electron chi connectivity index (χ0n) is 10.3. The summed E-state index contributed by atoms with van der Waals surface area (Å²) in [6.07, 6.45) is 0.